The first-order chi connectivity index (χ1) is 8.16. The predicted molar refractivity (Wildman–Crippen MR) is 61.7 cm³/mol. The van der Waals surface area contributed by atoms with Gasteiger partial charge < -0.3 is 4.74 Å². The smallest absolute Gasteiger partial charge is 0.290 e. The molecule has 0 spiro atoms. The molecule has 0 aliphatic carbocycles. The molecule has 1 aliphatic heterocycles. The van der Waals surface area contributed by atoms with E-state index in [4.69, 9.17) is 4.74 Å². The molecule has 0 saturated carbocycles. The fraction of sp³-hybridized carbons (Fsp3) is 0.545. The summed E-state index contributed by atoms with van der Waals surface area (Å²) in [5, 5.41) is 10.7. The largest absolute Gasteiger partial charge is 0.379 e. The first kappa shape index (κ1) is 11.9. The number of aromatic nitrogens is 1. The number of aryl methyl sites for hydroxylation is 1. The summed E-state index contributed by atoms with van der Waals surface area (Å²) in [4.78, 5) is 16.8. The van der Waals surface area contributed by atoms with E-state index >= 15 is 0 Å². The molecule has 0 aromatic carbocycles. The summed E-state index contributed by atoms with van der Waals surface area (Å²) in [5.74, 6) is 0. The molecule has 0 bridgehead atoms. The molecule has 2 heterocycles. The topological polar surface area (TPSA) is 68.5 Å². The van der Waals surface area contributed by atoms with Crippen molar-refractivity contribution in [3.63, 3.8) is 0 Å². The summed E-state index contributed by atoms with van der Waals surface area (Å²) in [6, 6.07) is 3.25. The van der Waals surface area contributed by atoms with Crippen LogP contribution in [0.15, 0.2) is 12.1 Å². The third kappa shape index (κ3) is 2.98. The fourth-order valence-electron chi connectivity index (χ4n) is 1.88. The van der Waals surface area contributed by atoms with Crippen LogP contribution in [-0.4, -0.2) is 41.1 Å². The average molecular weight is 237 g/mol. The number of nitro groups is 1. The van der Waals surface area contributed by atoms with E-state index in [1.54, 1.807) is 13.0 Å². The van der Waals surface area contributed by atoms with Crippen molar-refractivity contribution >= 4 is 5.69 Å². The van der Waals surface area contributed by atoms with Gasteiger partial charge in [-0.3, -0.25) is 15.0 Å². The van der Waals surface area contributed by atoms with Crippen molar-refractivity contribution in [2.24, 2.45) is 0 Å². The zero-order valence-electron chi connectivity index (χ0n) is 9.76. The Kier molecular flexibility index (Phi) is 3.65. The Morgan fingerprint density at radius 1 is 1.47 bits per heavy atom. The Balaban J connectivity index is 2.06. The Morgan fingerprint density at radius 3 is 2.76 bits per heavy atom. The van der Waals surface area contributed by atoms with Crippen LogP contribution in [0, 0.1) is 17.0 Å². The lowest BCUT2D eigenvalue weighted by Crippen LogP contribution is -2.35. The summed E-state index contributed by atoms with van der Waals surface area (Å²) < 4.78 is 5.26. The summed E-state index contributed by atoms with van der Waals surface area (Å²) in [7, 11) is 0. The van der Waals surface area contributed by atoms with Crippen LogP contribution in [0.25, 0.3) is 0 Å². The molecule has 17 heavy (non-hydrogen) atoms. The molecular weight excluding hydrogens is 222 g/mol. The lowest BCUT2D eigenvalue weighted by atomic mass is 10.2. The maximum absolute atomic E-state index is 10.7. The molecule has 1 saturated heterocycles. The minimum atomic E-state index is -0.402. The Morgan fingerprint density at radius 2 is 2.18 bits per heavy atom. The van der Waals surface area contributed by atoms with E-state index in [0.717, 1.165) is 38.5 Å². The normalized spacial score (nSPS) is 17.0. The number of morpholine rings is 1. The van der Waals surface area contributed by atoms with E-state index in [1.807, 2.05) is 0 Å². The molecule has 92 valence electrons. The molecule has 0 radical (unpaired) electrons. The van der Waals surface area contributed by atoms with Crippen LogP contribution in [0.1, 0.15) is 11.4 Å². The van der Waals surface area contributed by atoms with Gasteiger partial charge >= 0.3 is 0 Å². The van der Waals surface area contributed by atoms with Gasteiger partial charge in [0.15, 0.2) is 0 Å². The summed E-state index contributed by atoms with van der Waals surface area (Å²) in [5.41, 5.74) is 1.42. The molecule has 0 unspecified atom stereocenters. The van der Waals surface area contributed by atoms with Crippen LogP contribution in [-0.2, 0) is 11.3 Å². The van der Waals surface area contributed by atoms with Gasteiger partial charge in [-0.25, -0.2) is 4.98 Å². The zero-order valence-corrected chi connectivity index (χ0v) is 9.76. The maximum Gasteiger partial charge on any atom is 0.290 e. The minimum absolute atomic E-state index is 0.0794. The number of hydrogen-bond donors (Lipinski definition) is 0. The van der Waals surface area contributed by atoms with E-state index in [2.05, 4.69) is 9.88 Å². The predicted octanol–water partition coefficient (Wildman–Crippen LogP) is 1.13. The van der Waals surface area contributed by atoms with Gasteiger partial charge in [0.2, 0.25) is 0 Å². The quantitative estimate of drug-likeness (QED) is 0.582. The highest BCUT2D eigenvalue weighted by Gasteiger charge is 2.15. The highest BCUT2D eigenvalue weighted by molar-refractivity contribution is 5.35. The third-order valence-electron chi connectivity index (χ3n) is 2.80. The van der Waals surface area contributed by atoms with Gasteiger partial charge in [0.25, 0.3) is 5.69 Å². The lowest BCUT2D eigenvalue weighted by molar-refractivity contribution is -0.385. The van der Waals surface area contributed by atoms with Crippen molar-refractivity contribution in [1.82, 2.24) is 9.88 Å². The van der Waals surface area contributed by atoms with Gasteiger partial charge in [-0.1, -0.05) is 0 Å². The van der Waals surface area contributed by atoms with Gasteiger partial charge in [-0.2, -0.15) is 0 Å². The number of hydrogen-bond acceptors (Lipinski definition) is 5. The van der Waals surface area contributed by atoms with E-state index in [-0.39, 0.29) is 5.69 Å². The first-order valence-corrected chi connectivity index (χ1v) is 5.58. The summed E-state index contributed by atoms with van der Waals surface area (Å²) in [6.45, 7) is 5.65. The highest BCUT2D eigenvalue weighted by Crippen LogP contribution is 2.16. The molecule has 0 N–H and O–H groups in total. The summed E-state index contributed by atoms with van der Waals surface area (Å²) >= 11 is 0. The van der Waals surface area contributed by atoms with Gasteiger partial charge in [0.1, 0.15) is 5.69 Å². The van der Waals surface area contributed by atoms with E-state index in [0.29, 0.717) is 5.69 Å². The molecule has 6 nitrogen and oxygen atoms in total. The van der Waals surface area contributed by atoms with Crippen LogP contribution < -0.4 is 0 Å². The standard InChI is InChI=1S/C11H15N3O3/c1-9-11(14(15)16)3-2-10(12-9)8-13-4-6-17-7-5-13/h2-3H,4-8H2,1H3. The van der Waals surface area contributed by atoms with Crippen molar-refractivity contribution in [2.75, 3.05) is 26.3 Å². The van der Waals surface area contributed by atoms with Crippen molar-refractivity contribution in [3.05, 3.63) is 33.6 Å². The molecule has 1 aromatic rings. The molecule has 2 rings (SSSR count). The monoisotopic (exact) mass is 237 g/mol. The minimum Gasteiger partial charge on any atom is -0.379 e. The molecule has 0 amide bonds. The van der Waals surface area contributed by atoms with E-state index in [1.165, 1.54) is 6.07 Å². The van der Waals surface area contributed by atoms with Crippen LogP contribution in [0.2, 0.25) is 0 Å². The third-order valence-corrected chi connectivity index (χ3v) is 2.80. The van der Waals surface area contributed by atoms with Gasteiger partial charge in [0, 0.05) is 25.7 Å². The van der Waals surface area contributed by atoms with Crippen molar-refractivity contribution in [3.8, 4) is 0 Å². The number of ether oxygens (including phenoxy) is 1. The fourth-order valence-corrected chi connectivity index (χ4v) is 1.88. The van der Waals surface area contributed by atoms with Crippen molar-refractivity contribution in [2.45, 2.75) is 13.5 Å². The number of pyridine rings is 1. The van der Waals surface area contributed by atoms with Crippen LogP contribution in [0.5, 0.6) is 0 Å². The van der Waals surface area contributed by atoms with E-state index in [9.17, 15) is 10.1 Å². The van der Waals surface area contributed by atoms with Crippen molar-refractivity contribution < 1.29 is 9.66 Å². The van der Waals surface area contributed by atoms with Crippen LogP contribution >= 0.6 is 0 Å². The summed E-state index contributed by atoms with van der Waals surface area (Å²) in [6.07, 6.45) is 0. The number of rotatable bonds is 3. The SMILES string of the molecule is Cc1nc(CN2CCOCC2)ccc1[N+](=O)[O-]. The molecule has 1 aromatic heterocycles. The maximum atomic E-state index is 10.7. The van der Waals surface area contributed by atoms with E-state index < -0.39 is 4.92 Å². The van der Waals surface area contributed by atoms with Gasteiger partial charge in [0.05, 0.1) is 23.8 Å². The van der Waals surface area contributed by atoms with Gasteiger partial charge in [-0.05, 0) is 13.0 Å². The first-order valence-electron chi connectivity index (χ1n) is 5.58. The second-order valence-corrected chi connectivity index (χ2v) is 4.05. The molecule has 1 fully saturated rings. The Labute approximate surface area is 99.4 Å². The second kappa shape index (κ2) is 5.20. The molecular formula is C11H15N3O3. The van der Waals surface area contributed by atoms with Crippen molar-refractivity contribution in [1.29, 1.82) is 0 Å². The second-order valence-electron chi connectivity index (χ2n) is 4.05. The zero-order chi connectivity index (χ0) is 12.3. The van der Waals surface area contributed by atoms with Crippen LogP contribution in [0.3, 0.4) is 0 Å². The lowest BCUT2D eigenvalue weighted by Gasteiger charge is -2.26. The van der Waals surface area contributed by atoms with Gasteiger partial charge in [-0.15, -0.1) is 0 Å². The Bertz CT molecular complexity index is 416. The molecule has 6 heteroatoms. The molecule has 0 atom stereocenters. The molecule has 1 aliphatic rings. The highest BCUT2D eigenvalue weighted by atomic mass is 16.6. The average Bonchev–Trinajstić information content (AvgIpc) is 2.30. The Hall–Kier alpha value is -1.53. The van der Waals surface area contributed by atoms with Crippen LogP contribution in [0.4, 0.5) is 5.69 Å². The number of nitrogens with zero attached hydrogens (tertiary/aromatic N) is 3.